The molecule has 0 aliphatic carbocycles. The molecule has 0 aliphatic heterocycles. The molecule has 196 valence electrons. The summed E-state index contributed by atoms with van der Waals surface area (Å²) < 4.78 is 58.9. The van der Waals surface area contributed by atoms with E-state index in [1.165, 1.54) is 43.0 Å². The van der Waals surface area contributed by atoms with Crippen molar-refractivity contribution in [2.24, 2.45) is 7.05 Å². The second kappa shape index (κ2) is 11.0. The predicted molar refractivity (Wildman–Crippen MR) is 124 cm³/mol. The number of halogens is 4. The number of hydrogen-bond donors (Lipinski definition) is 2. The minimum atomic E-state index is -2.75. The van der Waals surface area contributed by atoms with Crippen LogP contribution in [-0.4, -0.2) is 41.9 Å². The van der Waals surface area contributed by atoms with Crippen molar-refractivity contribution in [1.82, 2.24) is 29.9 Å². The number of nitrogens with one attached hydrogen (secondary N) is 2. The number of anilines is 2. The molecule has 4 rings (SSSR count). The maximum atomic E-state index is 13.9. The maximum Gasteiger partial charge on any atom is 0.413 e. The van der Waals surface area contributed by atoms with Crippen molar-refractivity contribution >= 4 is 23.5 Å². The Morgan fingerprint density at radius 2 is 1.79 bits per heavy atom. The Kier molecular flexibility index (Phi) is 7.55. The van der Waals surface area contributed by atoms with Crippen LogP contribution < -0.4 is 10.6 Å². The number of nitrogens with zero attached hydrogens (tertiary/aromatic N) is 6. The second-order valence-corrected chi connectivity index (χ2v) is 7.78. The van der Waals surface area contributed by atoms with Gasteiger partial charge in [-0.25, -0.2) is 27.6 Å². The first-order valence-electron chi connectivity index (χ1n) is 10.8. The summed E-state index contributed by atoms with van der Waals surface area (Å²) >= 11 is 0. The van der Waals surface area contributed by atoms with Gasteiger partial charge in [-0.2, -0.15) is 4.39 Å². The van der Waals surface area contributed by atoms with E-state index in [9.17, 15) is 27.2 Å². The van der Waals surface area contributed by atoms with Crippen LogP contribution in [0.25, 0.3) is 11.4 Å². The molecule has 0 unspecified atom stereocenters. The van der Waals surface area contributed by atoms with Crippen molar-refractivity contribution in [3.63, 3.8) is 0 Å². The number of aromatic nitrogens is 6. The fraction of sp³-hybridized carbons (Fsp3) is 0.174. The average molecular weight is 530 g/mol. The third-order valence-electron chi connectivity index (χ3n) is 5.14. The van der Waals surface area contributed by atoms with Crippen molar-refractivity contribution in [2.75, 3.05) is 10.6 Å². The maximum absolute atomic E-state index is 13.9. The van der Waals surface area contributed by atoms with Gasteiger partial charge in [-0.05, 0) is 37.3 Å². The summed E-state index contributed by atoms with van der Waals surface area (Å²) in [5, 5.41) is 12.8. The Hall–Kier alpha value is -4.95. The Balaban J connectivity index is 1.43. The highest BCUT2D eigenvalue weighted by Gasteiger charge is 2.21. The lowest BCUT2D eigenvalue weighted by atomic mass is 10.2. The molecule has 4 heterocycles. The molecule has 0 saturated heterocycles. The molecular weight excluding hydrogens is 512 g/mol. The number of rotatable bonds is 7. The normalized spacial score (nSPS) is 11.8. The Morgan fingerprint density at radius 3 is 2.45 bits per heavy atom. The van der Waals surface area contributed by atoms with Gasteiger partial charge in [0.25, 0.3) is 12.3 Å². The first kappa shape index (κ1) is 26.1. The molecule has 2 N–H and O–H groups in total. The van der Waals surface area contributed by atoms with Crippen molar-refractivity contribution in [3.8, 4) is 11.4 Å². The highest BCUT2D eigenvalue weighted by Crippen LogP contribution is 2.26. The average Bonchev–Trinajstić information content (AvgIpc) is 3.25. The molecule has 15 heteroatoms. The molecule has 0 aromatic carbocycles. The monoisotopic (exact) mass is 530 g/mol. The molecule has 0 spiro atoms. The minimum absolute atomic E-state index is 0.0699. The molecule has 0 bridgehead atoms. The summed E-state index contributed by atoms with van der Waals surface area (Å²) in [7, 11) is 1.49. The van der Waals surface area contributed by atoms with E-state index < -0.39 is 42.0 Å². The molecule has 4 aromatic heterocycles. The number of hydrogen-bond acceptors (Lipinski definition) is 8. The Bertz CT molecular complexity index is 1460. The summed E-state index contributed by atoms with van der Waals surface area (Å²) in [6.07, 6.45) is -1.85. The lowest BCUT2D eigenvalue weighted by Gasteiger charge is -2.15. The number of amides is 2. The van der Waals surface area contributed by atoms with Crippen LogP contribution in [0.5, 0.6) is 0 Å². The summed E-state index contributed by atoms with van der Waals surface area (Å²) in [4.78, 5) is 35.8. The van der Waals surface area contributed by atoms with Crippen LogP contribution in [-0.2, 0) is 11.8 Å². The lowest BCUT2D eigenvalue weighted by molar-refractivity contribution is 0.102. The number of pyridine rings is 3. The molecule has 38 heavy (non-hydrogen) atoms. The van der Waals surface area contributed by atoms with Gasteiger partial charge in [0.05, 0.1) is 34.9 Å². The SMILES string of the molecule is C[C@@H](OC(=O)Nc1c(-c2ccc(NC(=O)c3ccc(C(F)F)nc3)cn2)nnn1C)c1cc(F)cnc1F. The first-order valence-corrected chi connectivity index (χ1v) is 10.8. The van der Waals surface area contributed by atoms with Gasteiger partial charge in [0.2, 0.25) is 5.95 Å². The number of ether oxygens (including phenoxy) is 1. The minimum Gasteiger partial charge on any atom is -0.441 e. The van der Waals surface area contributed by atoms with Gasteiger partial charge in [0.15, 0.2) is 11.5 Å². The molecule has 0 radical (unpaired) electrons. The third kappa shape index (κ3) is 5.88. The van der Waals surface area contributed by atoms with Crippen LogP contribution in [0.4, 0.5) is 33.9 Å². The van der Waals surface area contributed by atoms with Crippen LogP contribution in [0.1, 0.15) is 41.1 Å². The molecule has 11 nitrogen and oxygen atoms in total. The molecule has 0 aliphatic rings. The zero-order valence-electron chi connectivity index (χ0n) is 19.7. The van der Waals surface area contributed by atoms with Crippen LogP contribution in [0.15, 0.2) is 48.9 Å². The van der Waals surface area contributed by atoms with E-state index >= 15 is 0 Å². The predicted octanol–water partition coefficient (Wildman–Crippen LogP) is 4.44. The van der Waals surface area contributed by atoms with Gasteiger partial charge in [-0.3, -0.25) is 20.1 Å². The number of carbonyl (C=O) groups is 2. The zero-order chi connectivity index (χ0) is 27.4. The number of alkyl halides is 2. The lowest BCUT2D eigenvalue weighted by Crippen LogP contribution is -2.19. The number of carbonyl (C=O) groups excluding carboxylic acids is 2. The van der Waals surface area contributed by atoms with Crippen molar-refractivity contribution in [1.29, 1.82) is 0 Å². The molecule has 0 saturated carbocycles. The molecule has 4 aromatic rings. The summed E-state index contributed by atoms with van der Waals surface area (Å²) in [6, 6.07) is 6.14. The van der Waals surface area contributed by atoms with Gasteiger partial charge in [-0.15, -0.1) is 5.10 Å². The van der Waals surface area contributed by atoms with Crippen LogP contribution in [0.2, 0.25) is 0 Å². The Labute approximate surface area is 211 Å². The molecule has 2 amide bonds. The quantitative estimate of drug-likeness (QED) is 0.264. The van der Waals surface area contributed by atoms with E-state index in [-0.39, 0.29) is 34.0 Å². The topological polar surface area (TPSA) is 137 Å². The van der Waals surface area contributed by atoms with Crippen molar-refractivity contribution in [2.45, 2.75) is 19.5 Å². The van der Waals surface area contributed by atoms with Crippen molar-refractivity contribution in [3.05, 3.63) is 77.5 Å². The molecule has 0 fully saturated rings. The standard InChI is InChI=1S/C23H18F4N8O3/c1-11(15-7-13(24)9-30-20(15)27)38-23(37)32-21-18(33-34-35(21)2)16-6-4-14(10-29-16)31-22(36)12-3-5-17(19(25)26)28-8-12/h3-11,19H,1-2H3,(H,31,36)(H,32,37)/t11-/m1/s1. The summed E-state index contributed by atoms with van der Waals surface area (Å²) in [5.41, 5.74) is 0.0821. The fourth-order valence-electron chi connectivity index (χ4n) is 3.22. The van der Waals surface area contributed by atoms with E-state index in [1.807, 2.05) is 0 Å². The van der Waals surface area contributed by atoms with Gasteiger partial charge >= 0.3 is 6.09 Å². The van der Waals surface area contributed by atoms with E-state index in [2.05, 4.69) is 35.9 Å². The van der Waals surface area contributed by atoms with Gasteiger partial charge in [-0.1, -0.05) is 5.21 Å². The smallest absolute Gasteiger partial charge is 0.413 e. The van der Waals surface area contributed by atoms with Crippen molar-refractivity contribution < 1.29 is 31.9 Å². The van der Waals surface area contributed by atoms with Crippen LogP contribution in [0, 0.1) is 11.8 Å². The highest BCUT2D eigenvalue weighted by molar-refractivity contribution is 6.04. The first-order chi connectivity index (χ1) is 18.1. The Morgan fingerprint density at radius 1 is 1.00 bits per heavy atom. The van der Waals surface area contributed by atoms with Gasteiger partial charge < -0.3 is 10.1 Å². The van der Waals surface area contributed by atoms with Crippen LogP contribution >= 0.6 is 0 Å². The zero-order valence-corrected chi connectivity index (χ0v) is 19.7. The fourth-order valence-corrected chi connectivity index (χ4v) is 3.22. The van der Waals surface area contributed by atoms with E-state index in [0.717, 1.165) is 18.3 Å². The second-order valence-electron chi connectivity index (χ2n) is 7.78. The van der Waals surface area contributed by atoms with E-state index in [0.29, 0.717) is 6.20 Å². The van der Waals surface area contributed by atoms with E-state index in [1.54, 1.807) is 0 Å². The number of aryl methyl sites for hydroxylation is 1. The largest absolute Gasteiger partial charge is 0.441 e. The molecular formula is C23H18F4N8O3. The highest BCUT2D eigenvalue weighted by atomic mass is 19.3. The van der Waals surface area contributed by atoms with Gasteiger partial charge in [0.1, 0.15) is 17.6 Å². The summed E-state index contributed by atoms with van der Waals surface area (Å²) in [5.74, 6) is -2.26. The van der Waals surface area contributed by atoms with Crippen LogP contribution in [0.3, 0.4) is 0 Å². The van der Waals surface area contributed by atoms with E-state index in [4.69, 9.17) is 4.74 Å². The summed E-state index contributed by atoms with van der Waals surface area (Å²) in [6.45, 7) is 1.35. The third-order valence-corrected chi connectivity index (χ3v) is 5.14. The molecule has 1 atom stereocenters. The van der Waals surface area contributed by atoms with Gasteiger partial charge in [0, 0.05) is 13.2 Å².